The molecule has 6 heteroatoms. The summed E-state index contributed by atoms with van der Waals surface area (Å²) in [7, 11) is 0. The Bertz CT molecular complexity index is 886. The van der Waals surface area contributed by atoms with E-state index < -0.39 is 12.1 Å². The molecule has 4 rings (SSSR count). The first-order valence-electron chi connectivity index (χ1n) is 7.16. The van der Waals surface area contributed by atoms with Crippen LogP contribution in [-0.4, -0.2) is 23.0 Å². The molecule has 2 heterocycles. The molecule has 2 aromatic carbocycles. The number of nitrogens with one attached hydrogen (secondary N) is 1. The number of aromatic nitrogens is 1. The van der Waals surface area contributed by atoms with Crippen LogP contribution in [0.3, 0.4) is 0 Å². The van der Waals surface area contributed by atoms with Crippen molar-refractivity contribution >= 4 is 38.6 Å². The van der Waals surface area contributed by atoms with E-state index in [0.717, 1.165) is 15.8 Å². The summed E-state index contributed by atoms with van der Waals surface area (Å²) < 4.78 is 6.24. The topological polar surface area (TPSA) is 68.3 Å². The van der Waals surface area contributed by atoms with E-state index in [-0.39, 0.29) is 5.91 Å². The third-order valence-corrected chi connectivity index (χ3v) is 4.66. The summed E-state index contributed by atoms with van der Waals surface area (Å²) in [5.74, 6) is -0.816. The van der Waals surface area contributed by atoms with E-state index in [9.17, 15) is 9.59 Å². The van der Waals surface area contributed by atoms with Crippen molar-refractivity contribution in [1.29, 1.82) is 0 Å². The summed E-state index contributed by atoms with van der Waals surface area (Å²) in [6.07, 6.45) is -0.456. The first kappa shape index (κ1) is 13.9. The van der Waals surface area contributed by atoms with E-state index in [1.165, 1.54) is 11.3 Å². The Balaban J connectivity index is 1.55. The Kier molecular flexibility index (Phi) is 3.31. The fourth-order valence-corrected chi connectivity index (χ4v) is 3.46. The molecule has 114 valence electrons. The molecule has 0 spiro atoms. The van der Waals surface area contributed by atoms with Gasteiger partial charge in [-0.15, -0.1) is 0 Å². The number of rotatable bonds is 2. The van der Waals surface area contributed by atoms with Crippen LogP contribution >= 0.6 is 11.3 Å². The first-order chi connectivity index (χ1) is 11.2. The third-order valence-electron chi connectivity index (χ3n) is 3.71. The number of hydrogen-bond donors (Lipinski definition) is 1. The highest BCUT2D eigenvalue weighted by molar-refractivity contribution is 7.22. The number of ether oxygens (including phenoxy) is 1. The Morgan fingerprint density at radius 3 is 2.83 bits per heavy atom. The molecule has 1 aliphatic rings. The average Bonchev–Trinajstić information content (AvgIpc) is 2.97. The Morgan fingerprint density at radius 2 is 1.96 bits per heavy atom. The molecule has 1 N–H and O–H groups in total. The van der Waals surface area contributed by atoms with Crippen LogP contribution in [0.5, 0.6) is 0 Å². The smallest absolute Gasteiger partial charge is 0.339 e. The number of fused-ring (bicyclic) bond motifs is 2. The standard InChI is InChI=1S/C17H12N2O3S/c20-15(19-17-18-12-7-3-4-8-14(12)23-17)13-9-10-5-1-2-6-11(10)16(21)22-13/h1-8,13H,9H2,(H,18,19,20). The van der Waals surface area contributed by atoms with Gasteiger partial charge >= 0.3 is 5.97 Å². The van der Waals surface area contributed by atoms with Gasteiger partial charge in [-0.1, -0.05) is 41.7 Å². The van der Waals surface area contributed by atoms with Crippen molar-refractivity contribution in [2.45, 2.75) is 12.5 Å². The summed E-state index contributed by atoms with van der Waals surface area (Å²) in [6, 6.07) is 14.8. The van der Waals surface area contributed by atoms with Crippen molar-refractivity contribution in [3.05, 3.63) is 59.7 Å². The molecule has 23 heavy (non-hydrogen) atoms. The van der Waals surface area contributed by atoms with Crippen molar-refractivity contribution in [3.8, 4) is 0 Å². The van der Waals surface area contributed by atoms with Crippen LogP contribution in [0, 0.1) is 0 Å². The first-order valence-corrected chi connectivity index (χ1v) is 7.98. The molecule has 0 bridgehead atoms. The van der Waals surface area contributed by atoms with E-state index in [4.69, 9.17) is 4.74 Å². The SMILES string of the molecule is O=C1OC(C(=O)Nc2nc3ccccc3s2)Cc2ccccc21. The van der Waals surface area contributed by atoms with Gasteiger partial charge < -0.3 is 4.74 Å². The van der Waals surface area contributed by atoms with Crippen molar-refractivity contribution in [3.63, 3.8) is 0 Å². The third kappa shape index (κ3) is 2.57. The lowest BCUT2D eigenvalue weighted by molar-refractivity contribution is -0.125. The van der Waals surface area contributed by atoms with Crippen LogP contribution in [0.15, 0.2) is 48.5 Å². The normalized spacial score (nSPS) is 16.7. The maximum atomic E-state index is 12.4. The van der Waals surface area contributed by atoms with Crippen molar-refractivity contribution < 1.29 is 14.3 Å². The van der Waals surface area contributed by atoms with Gasteiger partial charge in [0.05, 0.1) is 15.8 Å². The van der Waals surface area contributed by atoms with Crippen molar-refractivity contribution in [1.82, 2.24) is 4.98 Å². The number of cyclic esters (lactones) is 1. The minimum Gasteiger partial charge on any atom is -0.448 e. The van der Waals surface area contributed by atoms with Crippen molar-refractivity contribution in [2.75, 3.05) is 5.32 Å². The monoisotopic (exact) mass is 324 g/mol. The molecule has 0 saturated carbocycles. The lowest BCUT2D eigenvalue weighted by Gasteiger charge is -2.23. The van der Waals surface area contributed by atoms with Gasteiger partial charge in [0, 0.05) is 6.42 Å². The van der Waals surface area contributed by atoms with Gasteiger partial charge in [-0.3, -0.25) is 10.1 Å². The van der Waals surface area contributed by atoms with Gasteiger partial charge in [0.1, 0.15) is 0 Å². The number of carbonyl (C=O) groups excluding carboxylic acids is 2. The predicted octanol–water partition coefficient (Wildman–Crippen LogP) is 3.02. The second-order valence-electron chi connectivity index (χ2n) is 5.23. The molecule has 0 radical (unpaired) electrons. The molecule has 3 aromatic rings. The van der Waals surface area contributed by atoms with E-state index in [2.05, 4.69) is 10.3 Å². The van der Waals surface area contributed by atoms with Crippen molar-refractivity contribution in [2.24, 2.45) is 0 Å². The minimum atomic E-state index is -0.829. The molecule has 0 fully saturated rings. The minimum absolute atomic E-state index is 0.355. The van der Waals surface area contributed by atoms with E-state index in [1.807, 2.05) is 36.4 Å². The number of para-hydroxylation sites is 1. The highest BCUT2D eigenvalue weighted by atomic mass is 32.1. The quantitative estimate of drug-likeness (QED) is 0.736. The molecule has 1 aliphatic heterocycles. The fraction of sp³-hybridized carbons (Fsp3) is 0.118. The number of amides is 1. The number of anilines is 1. The van der Waals surface area contributed by atoms with Gasteiger partial charge in [0.2, 0.25) is 0 Å². The number of nitrogens with zero attached hydrogens (tertiary/aromatic N) is 1. The van der Waals surface area contributed by atoms with E-state index >= 15 is 0 Å². The van der Waals surface area contributed by atoms with Gasteiger partial charge in [-0.2, -0.15) is 0 Å². The zero-order valence-corrected chi connectivity index (χ0v) is 12.8. The summed E-state index contributed by atoms with van der Waals surface area (Å²) in [6.45, 7) is 0. The number of carbonyl (C=O) groups is 2. The maximum absolute atomic E-state index is 12.4. The fourth-order valence-electron chi connectivity index (χ4n) is 2.59. The van der Waals surface area contributed by atoms with Crippen LogP contribution in [0.1, 0.15) is 15.9 Å². The van der Waals surface area contributed by atoms with Crippen LogP contribution in [-0.2, 0) is 16.0 Å². The molecular formula is C17H12N2O3S. The maximum Gasteiger partial charge on any atom is 0.339 e. The average molecular weight is 324 g/mol. The molecule has 1 amide bonds. The highest BCUT2D eigenvalue weighted by Crippen LogP contribution is 2.26. The highest BCUT2D eigenvalue weighted by Gasteiger charge is 2.31. The van der Waals surface area contributed by atoms with Gasteiger partial charge in [-0.05, 0) is 23.8 Å². The predicted molar refractivity (Wildman–Crippen MR) is 87.6 cm³/mol. The van der Waals surface area contributed by atoms with E-state index in [0.29, 0.717) is 17.1 Å². The van der Waals surface area contributed by atoms with Gasteiger partial charge in [-0.25, -0.2) is 9.78 Å². The zero-order valence-electron chi connectivity index (χ0n) is 12.0. The summed E-state index contributed by atoms with van der Waals surface area (Å²) in [5, 5.41) is 3.25. The molecule has 1 aromatic heterocycles. The Morgan fingerprint density at radius 1 is 1.17 bits per heavy atom. The number of esters is 1. The van der Waals surface area contributed by atoms with Crippen LogP contribution in [0.25, 0.3) is 10.2 Å². The second-order valence-corrected chi connectivity index (χ2v) is 6.26. The molecule has 5 nitrogen and oxygen atoms in total. The van der Waals surface area contributed by atoms with Gasteiger partial charge in [0.25, 0.3) is 5.91 Å². The molecule has 0 aliphatic carbocycles. The summed E-state index contributed by atoms with van der Waals surface area (Å²) in [5.41, 5.74) is 2.18. The Labute approximate surface area is 135 Å². The van der Waals surface area contributed by atoms with E-state index in [1.54, 1.807) is 12.1 Å². The number of thiazole rings is 1. The van der Waals surface area contributed by atoms with Gasteiger partial charge in [0.15, 0.2) is 11.2 Å². The zero-order chi connectivity index (χ0) is 15.8. The number of benzene rings is 2. The molecular weight excluding hydrogens is 312 g/mol. The molecule has 0 saturated heterocycles. The Hall–Kier alpha value is -2.73. The summed E-state index contributed by atoms with van der Waals surface area (Å²) >= 11 is 1.39. The second kappa shape index (κ2) is 5.48. The number of hydrogen-bond acceptors (Lipinski definition) is 5. The molecule has 1 atom stereocenters. The summed E-state index contributed by atoms with van der Waals surface area (Å²) in [4.78, 5) is 28.7. The van der Waals surface area contributed by atoms with Crippen LogP contribution < -0.4 is 5.32 Å². The lowest BCUT2D eigenvalue weighted by atomic mass is 9.98. The largest absolute Gasteiger partial charge is 0.448 e. The van der Waals surface area contributed by atoms with Crippen LogP contribution in [0.4, 0.5) is 5.13 Å². The van der Waals surface area contributed by atoms with Crippen LogP contribution in [0.2, 0.25) is 0 Å². The molecule has 1 unspecified atom stereocenters. The lowest BCUT2D eigenvalue weighted by Crippen LogP contribution is -2.37.